The molecule has 0 amide bonds. The van der Waals surface area contributed by atoms with Crippen molar-refractivity contribution < 1.29 is 14.9 Å². The molecule has 6 nitrogen and oxygen atoms in total. The molecule has 3 heterocycles. The molecule has 6 heteroatoms. The molecule has 0 bridgehead atoms. The lowest BCUT2D eigenvalue weighted by Crippen LogP contribution is -2.60. The second-order valence-corrected chi connectivity index (χ2v) is 6.35. The molecule has 0 unspecified atom stereocenters. The highest BCUT2D eigenvalue weighted by Crippen LogP contribution is 2.18. The van der Waals surface area contributed by atoms with Gasteiger partial charge in [-0.2, -0.15) is 0 Å². The Morgan fingerprint density at radius 1 is 1.18 bits per heavy atom. The van der Waals surface area contributed by atoms with Crippen molar-refractivity contribution in [2.45, 2.75) is 31.7 Å². The van der Waals surface area contributed by atoms with Gasteiger partial charge in [0, 0.05) is 45.1 Å². The third-order valence-electron chi connectivity index (χ3n) is 4.58. The van der Waals surface area contributed by atoms with Crippen LogP contribution in [0.1, 0.15) is 11.1 Å². The highest BCUT2D eigenvalue weighted by Gasteiger charge is 2.36. The molecular weight excluding hydrogens is 282 g/mol. The Hall–Kier alpha value is -1.05. The van der Waals surface area contributed by atoms with Gasteiger partial charge >= 0.3 is 0 Å². The summed E-state index contributed by atoms with van der Waals surface area (Å²) < 4.78 is 5.38. The Morgan fingerprint density at radius 3 is 2.68 bits per heavy atom. The van der Waals surface area contributed by atoms with Gasteiger partial charge in [-0.15, -0.1) is 0 Å². The van der Waals surface area contributed by atoms with Gasteiger partial charge in [-0.05, 0) is 18.1 Å². The third-order valence-corrected chi connectivity index (χ3v) is 4.58. The van der Waals surface area contributed by atoms with Gasteiger partial charge in [0.2, 0.25) is 0 Å². The number of aromatic nitrogens is 1. The van der Waals surface area contributed by atoms with Crippen LogP contribution in [0.2, 0.25) is 0 Å². The summed E-state index contributed by atoms with van der Waals surface area (Å²) in [6, 6.07) is 2.08. The second-order valence-electron chi connectivity index (χ2n) is 6.35. The summed E-state index contributed by atoms with van der Waals surface area (Å²) in [6.07, 6.45) is 2.32. The van der Waals surface area contributed by atoms with Crippen LogP contribution in [-0.4, -0.2) is 82.6 Å². The first-order chi connectivity index (χ1) is 10.6. The topological polar surface area (TPSA) is 69.1 Å². The Bertz CT molecular complexity index is 491. The van der Waals surface area contributed by atoms with Crippen molar-refractivity contribution in [1.82, 2.24) is 14.8 Å². The van der Waals surface area contributed by atoms with E-state index in [-0.39, 0.29) is 12.6 Å². The number of nitrogens with zero attached hydrogens (tertiary/aromatic N) is 3. The van der Waals surface area contributed by atoms with E-state index in [1.807, 2.05) is 12.4 Å². The average Bonchev–Trinajstić information content (AvgIpc) is 2.51. The lowest BCUT2D eigenvalue weighted by atomic mass is 10.0. The van der Waals surface area contributed by atoms with Crippen LogP contribution in [0.4, 0.5) is 0 Å². The quantitative estimate of drug-likeness (QED) is 0.794. The van der Waals surface area contributed by atoms with Crippen molar-refractivity contribution in [2.24, 2.45) is 0 Å². The summed E-state index contributed by atoms with van der Waals surface area (Å²) in [7, 11) is 0. The molecule has 0 spiro atoms. The minimum absolute atomic E-state index is 0.0912. The molecular formula is C16H25N3O3. The predicted octanol–water partition coefficient (Wildman–Crippen LogP) is -0.372. The molecule has 2 fully saturated rings. The van der Waals surface area contributed by atoms with Crippen LogP contribution in [0.25, 0.3) is 0 Å². The Balaban J connectivity index is 1.52. The monoisotopic (exact) mass is 307 g/mol. The van der Waals surface area contributed by atoms with Crippen LogP contribution < -0.4 is 0 Å². The van der Waals surface area contributed by atoms with E-state index < -0.39 is 12.2 Å². The van der Waals surface area contributed by atoms with Crippen molar-refractivity contribution in [1.29, 1.82) is 0 Å². The van der Waals surface area contributed by atoms with Crippen molar-refractivity contribution in [3.63, 3.8) is 0 Å². The molecule has 0 aromatic carbocycles. The Kier molecular flexibility index (Phi) is 5.05. The van der Waals surface area contributed by atoms with E-state index in [1.165, 1.54) is 11.1 Å². The van der Waals surface area contributed by atoms with E-state index >= 15 is 0 Å². The molecule has 0 saturated carbocycles. The molecule has 3 atom stereocenters. The third kappa shape index (κ3) is 3.64. The molecule has 1 aromatic heterocycles. The maximum absolute atomic E-state index is 10.1. The summed E-state index contributed by atoms with van der Waals surface area (Å²) in [5.41, 5.74) is 2.43. The number of aliphatic hydroxyl groups excluding tert-OH is 2. The largest absolute Gasteiger partial charge is 0.389 e. The second kappa shape index (κ2) is 7.02. The van der Waals surface area contributed by atoms with Crippen molar-refractivity contribution >= 4 is 0 Å². The molecule has 3 rings (SSSR count). The summed E-state index contributed by atoms with van der Waals surface area (Å²) in [5, 5.41) is 19.9. The summed E-state index contributed by atoms with van der Waals surface area (Å²) in [4.78, 5) is 8.88. The van der Waals surface area contributed by atoms with Gasteiger partial charge < -0.3 is 14.9 Å². The highest BCUT2D eigenvalue weighted by atomic mass is 16.5. The van der Waals surface area contributed by atoms with Crippen LogP contribution in [0.5, 0.6) is 0 Å². The average molecular weight is 307 g/mol. The predicted molar refractivity (Wildman–Crippen MR) is 82.4 cm³/mol. The van der Waals surface area contributed by atoms with Crippen LogP contribution in [-0.2, 0) is 11.3 Å². The molecule has 2 aliphatic rings. The van der Waals surface area contributed by atoms with E-state index in [0.717, 1.165) is 32.7 Å². The molecule has 0 radical (unpaired) electrons. The molecule has 2 N–H and O–H groups in total. The number of rotatable bonds is 3. The summed E-state index contributed by atoms with van der Waals surface area (Å²) in [6.45, 7) is 7.38. The van der Waals surface area contributed by atoms with Crippen LogP contribution in [0.3, 0.4) is 0 Å². The molecule has 122 valence electrons. The number of hydrogen-bond donors (Lipinski definition) is 2. The number of pyridine rings is 1. The van der Waals surface area contributed by atoms with Crippen LogP contribution in [0, 0.1) is 6.92 Å². The minimum Gasteiger partial charge on any atom is -0.389 e. The van der Waals surface area contributed by atoms with Gasteiger partial charge in [0.1, 0.15) is 6.10 Å². The molecule has 1 aromatic rings. The van der Waals surface area contributed by atoms with E-state index in [0.29, 0.717) is 6.61 Å². The maximum atomic E-state index is 10.1. The normalized spacial score (nSPS) is 31.3. The summed E-state index contributed by atoms with van der Waals surface area (Å²) >= 11 is 0. The van der Waals surface area contributed by atoms with E-state index in [2.05, 4.69) is 27.8 Å². The number of hydrogen-bond acceptors (Lipinski definition) is 6. The van der Waals surface area contributed by atoms with Gasteiger partial charge in [0.15, 0.2) is 0 Å². The standard InChI is InChI=1S/C16H25N3O3/c1-12-6-13(8-17-7-12)9-18-2-4-19(5-3-18)14-10-22-11-15(20)16(14)21/h6-8,14-16,20-21H,2-5,9-11H2,1H3/t14-,15-,16+/m1/s1. The molecule has 2 aliphatic heterocycles. The molecule has 22 heavy (non-hydrogen) atoms. The number of aryl methyl sites for hydroxylation is 1. The van der Waals surface area contributed by atoms with Crippen LogP contribution in [0.15, 0.2) is 18.5 Å². The fraction of sp³-hybridized carbons (Fsp3) is 0.688. The van der Waals surface area contributed by atoms with E-state index in [9.17, 15) is 10.2 Å². The number of ether oxygens (including phenoxy) is 1. The Morgan fingerprint density at radius 2 is 1.95 bits per heavy atom. The lowest BCUT2D eigenvalue weighted by Gasteiger charge is -2.43. The highest BCUT2D eigenvalue weighted by molar-refractivity contribution is 5.16. The van der Waals surface area contributed by atoms with Crippen molar-refractivity contribution in [2.75, 3.05) is 39.4 Å². The van der Waals surface area contributed by atoms with Crippen molar-refractivity contribution in [3.8, 4) is 0 Å². The molecule has 0 aliphatic carbocycles. The first kappa shape index (κ1) is 15.8. The Labute approximate surface area is 131 Å². The fourth-order valence-corrected chi connectivity index (χ4v) is 3.30. The van der Waals surface area contributed by atoms with Gasteiger partial charge in [-0.1, -0.05) is 6.07 Å². The number of piperazine rings is 1. The van der Waals surface area contributed by atoms with Gasteiger partial charge in [0.05, 0.1) is 25.4 Å². The fourth-order valence-electron chi connectivity index (χ4n) is 3.30. The zero-order valence-electron chi connectivity index (χ0n) is 13.1. The van der Waals surface area contributed by atoms with Gasteiger partial charge in [-0.3, -0.25) is 14.8 Å². The van der Waals surface area contributed by atoms with Gasteiger partial charge in [0.25, 0.3) is 0 Å². The number of aliphatic hydroxyl groups is 2. The lowest BCUT2D eigenvalue weighted by molar-refractivity contribution is -0.137. The van der Waals surface area contributed by atoms with Crippen LogP contribution >= 0.6 is 0 Å². The van der Waals surface area contributed by atoms with Crippen molar-refractivity contribution in [3.05, 3.63) is 29.6 Å². The van der Waals surface area contributed by atoms with E-state index in [1.54, 1.807) is 0 Å². The smallest absolute Gasteiger partial charge is 0.105 e. The van der Waals surface area contributed by atoms with E-state index in [4.69, 9.17) is 4.74 Å². The first-order valence-corrected chi connectivity index (χ1v) is 7.94. The molecule has 2 saturated heterocycles. The zero-order chi connectivity index (χ0) is 15.5. The maximum Gasteiger partial charge on any atom is 0.105 e. The minimum atomic E-state index is -0.768. The SMILES string of the molecule is Cc1cncc(CN2CCN([C@@H]3COC[C@@H](O)[C@H]3O)CC2)c1. The zero-order valence-corrected chi connectivity index (χ0v) is 13.1. The first-order valence-electron chi connectivity index (χ1n) is 7.94. The van der Waals surface area contributed by atoms with Gasteiger partial charge in [-0.25, -0.2) is 0 Å². The summed E-state index contributed by atoms with van der Waals surface area (Å²) in [5.74, 6) is 0.